The maximum absolute atomic E-state index is 13.9. The molecule has 0 aliphatic carbocycles. The third-order valence-electron chi connectivity index (χ3n) is 6.10. The smallest absolute Gasteiger partial charge is 0.339 e. The molecule has 4 aromatic carbocycles. The Morgan fingerprint density at radius 3 is 2.05 bits per heavy atom. The average molecular weight is 499 g/mol. The van der Waals surface area contributed by atoms with Crippen LogP contribution in [0.2, 0.25) is 0 Å². The lowest BCUT2D eigenvalue weighted by Gasteiger charge is -2.21. The molecule has 5 rings (SSSR count). The minimum atomic E-state index is -1.22. The van der Waals surface area contributed by atoms with Gasteiger partial charge in [0.1, 0.15) is 34.1 Å². The van der Waals surface area contributed by atoms with E-state index < -0.39 is 11.8 Å². The predicted molar refractivity (Wildman–Crippen MR) is 136 cm³/mol. The highest BCUT2D eigenvalue weighted by atomic mass is 19.1. The highest BCUT2D eigenvalue weighted by Gasteiger charge is 2.21. The first kappa shape index (κ1) is 23.9. The lowest BCUT2D eigenvalue weighted by molar-refractivity contribution is 0.0694. The number of imidazole rings is 1. The topological polar surface area (TPSA) is 82.8 Å². The largest absolute Gasteiger partial charge is 0.497 e. The van der Waals surface area contributed by atoms with Gasteiger partial charge in [0.25, 0.3) is 0 Å². The standard InChI is InChI=1S/C29H23FN2O5/c1-35-21-11-6-18(7-12-21)28(19-8-13-22(36-2)14-9-19)32-17-31-27-24(32)4-3-5-25(27)37-26-16-20(30)10-15-23(26)29(33)34/h3-17,28H,1-2H3,(H,33,34). The maximum atomic E-state index is 13.9. The van der Waals surface area contributed by atoms with Crippen LogP contribution in [0.1, 0.15) is 27.5 Å². The number of hydrogen-bond acceptors (Lipinski definition) is 5. The number of aromatic nitrogens is 2. The summed E-state index contributed by atoms with van der Waals surface area (Å²) in [5.74, 6) is -0.118. The van der Waals surface area contributed by atoms with Gasteiger partial charge in [-0.25, -0.2) is 14.2 Å². The summed E-state index contributed by atoms with van der Waals surface area (Å²) in [6, 6.07) is 24.0. The van der Waals surface area contributed by atoms with E-state index in [0.717, 1.165) is 40.3 Å². The molecule has 186 valence electrons. The Labute approximate surface area is 212 Å². The van der Waals surface area contributed by atoms with Crippen LogP contribution in [0.25, 0.3) is 11.0 Å². The third-order valence-corrected chi connectivity index (χ3v) is 6.10. The summed E-state index contributed by atoms with van der Waals surface area (Å²) < 4.78 is 32.5. The minimum Gasteiger partial charge on any atom is -0.497 e. The first-order valence-electron chi connectivity index (χ1n) is 11.4. The van der Waals surface area contributed by atoms with Crippen LogP contribution < -0.4 is 14.2 Å². The van der Waals surface area contributed by atoms with Crippen LogP contribution in [0, 0.1) is 5.82 Å². The van der Waals surface area contributed by atoms with Crippen molar-refractivity contribution in [3.63, 3.8) is 0 Å². The zero-order valence-corrected chi connectivity index (χ0v) is 20.1. The fourth-order valence-electron chi connectivity index (χ4n) is 4.28. The van der Waals surface area contributed by atoms with Gasteiger partial charge in [0.05, 0.1) is 32.1 Å². The molecule has 1 aromatic heterocycles. The number of carboxylic acids is 1. The summed E-state index contributed by atoms with van der Waals surface area (Å²) >= 11 is 0. The predicted octanol–water partition coefficient (Wildman–Crippen LogP) is 6.32. The van der Waals surface area contributed by atoms with Crippen molar-refractivity contribution in [2.75, 3.05) is 14.2 Å². The van der Waals surface area contributed by atoms with Crippen molar-refractivity contribution in [2.24, 2.45) is 0 Å². The number of carbonyl (C=O) groups is 1. The summed E-state index contributed by atoms with van der Waals surface area (Å²) in [6.07, 6.45) is 1.71. The molecule has 1 heterocycles. The number of benzene rings is 4. The van der Waals surface area contributed by atoms with Crippen molar-refractivity contribution in [3.05, 3.63) is 114 Å². The van der Waals surface area contributed by atoms with Gasteiger partial charge in [-0.15, -0.1) is 0 Å². The number of ether oxygens (including phenoxy) is 3. The zero-order chi connectivity index (χ0) is 25.9. The number of para-hydroxylation sites is 1. The molecular formula is C29H23FN2O5. The summed E-state index contributed by atoms with van der Waals surface area (Å²) in [4.78, 5) is 16.2. The van der Waals surface area contributed by atoms with Gasteiger partial charge in [0.2, 0.25) is 0 Å². The maximum Gasteiger partial charge on any atom is 0.339 e. The first-order chi connectivity index (χ1) is 18.0. The van der Waals surface area contributed by atoms with Crippen LogP contribution in [0.4, 0.5) is 4.39 Å². The molecule has 8 heteroatoms. The Hall–Kier alpha value is -4.85. The Kier molecular flexibility index (Phi) is 6.47. The van der Waals surface area contributed by atoms with Gasteiger partial charge in [-0.1, -0.05) is 30.3 Å². The molecule has 0 spiro atoms. The van der Waals surface area contributed by atoms with E-state index in [1.807, 2.05) is 59.2 Å². The number of halogens is 1. The lowest BCUT2D eigenvalue weighted by atomic mass is 9.98. The van der Waals surface area contributed by atoms with Gasteiger partial charge in [0.15, 0.2) is 5.75 Å². The lowest BCUT2D eigenvalue weighted by Crippen LogP contribution is -2.11. The van der Waals surface area contributed by atoms with Gasteiger partial charge in [-0.05, 0) is 59.7 Å². The van der Waals surface area contributed by atoms with Gasteiger partial charge < -0.3 is 23.9 Å². The van der Waals surface area contributed by atoms with Crippen LogP contribution in [-0.2, 0) is 0 Å². The molecule has 0 unspecified atom stereocenters. The van der Waals surface area contributed by atoms with Crippen LogP contribution in [0.5, 0.6) is 23.0 Å². The fourth-order valence-corrected chi connectivity index (χ4v) is 4.28. The summed E-state index contributed by atoms with van der Waals surface area (Å²) in [7, 11) is 3.24. The van der Waals surface area contributed by atoms with E-state index in [-0.39, 0.29) is 17.4 Å². The Morgan fingerprint density at radius 2 is 1.49 bits per heavy atom. The van der Waals surface area contributed by atoms with Gasteiger partial charge in [0, 0.05) is 6.07 Å². The van der Waals surface area contributed by atoms with Crippen molar-refractivity contribution >= 4 is 17.0 Å². The molecule has 0 saturated heterocycles. The van der Waals surface area contributed by atoms with Gasteiger partial charge >= 0.3 is 5.97 Å². The Balaban J connectivity index is 1.62. The molecule has 0 saturated carbocycles. The molecule has 0 atom stereocenters. The van der Waals surface area contributed by atoms with E-state index >= 15 is 0 Å². The molecule has 0 bridgehead atoms. The second-order valence-corrected chi connectivity index (χ2v) is 8.27. The van der Waals surface area contributed by atoms with E-state index in [4.69, 9.17) is 14.2 Å². The molecule has 0 aliphatic rings. The first-order valence-corrected chi connectivity index (χ1v) is 11.4. The third kappa shape index (κ3) is 4.69. The Morgan fingerprint density at radius 1 is 0.865 bits per heavy atom. The van der Waals surface area contributed by atoms with E-state index in [1.54, 1.807) is 32.7 Å². The van der Waals surface area contributed by atoms with Crippen molar-refractivity contribution in [1.29, 1.82) is 0 Å². The molecule has 0 radical (unpaired) electrons. The number of aromatic carboxylic acids is 1. The summed E-state index contributed by atoms with van der Waals surface area (Å²) in [5, 5.41) is 9.51. The molecule has 37 heavy (non-hydrogen) atoms. The van der Waals surface area contributed by atoms with E-state index in [9.17, 15) is 14.3 Å². The number of fused-ring (bicyclic) bond motifs is 1. The monoisotopic (exact) mass is 498 g/mol. The molecule has 0 aliphatic heterocycles. The number of methoxy groups -OCH3 is 2. The second kappa shape index (κ2) is 10.0. The zero-order valence-electron chi connectivity index (χ0n) is 20.1. The number of rotatable bonds is 8. The van der Waals surface area contributed by atoms with Gasteiger partial charge in [-0.3, -0.25) is 0 Å². The second-order valence-electron chi connectivity index (χ2n) is 8.27. The number of hydrogen-bond donors (Lipinski definition) is 1. The number of nitrogens with zero attached hydrogens (tertiary/aromatic N) is 2. The van der Waals surface area contributed by atoms with E-state index in [2.05, 4.69) is 4.98 Å². The van der Waals surface area contributed by atoms with Crippen molar-refractivity contribution in [1.82, 2.24) is 9.55 Å². The average Bonchev–Trinajstić information content (AvgIpc) is 3.34. The number of carboxylic acid groups (broad SMARTS) is 1. The molecule has 1 N–H and O–H groups in total. The molecule has 0 fully saturated rings. The highest BCUT2D eigenvalue weighted by Crippen LogP contribution is 2.36. The SMILES string of the molecule is COc1ccc(C(c2ccc(OC)cc2)n2cnc3c(Oc4cc(F)ccc4C(=O)O)cccc32)cc1. The van der Waals surface area contributed by atoms with Crippen LogP contribution in [0.15, 0.2) is 91.3 Å². The summed E-state index contributed by atoms with van der Waals surface area (Å²) in [5.41, 5.74) is 3.11. The Bertz CT molecular complexity index is 1510. The van der Waals surface area contributed by atoms with Crippen molar-refractivity contribution in [3.8, 4) is 23.0 Å². The van der Waals surface area contributed by atoms with Crippen molar-refractivity contribution < 1.29 is 28.5 Å². The van der Waals surface area contributed by atoms with Crippen LogP contribution in [0.3, 0.4) is 0 Å². The van der Waals surface area contributed by atoms with E-state index in [0.29, 0.717) is 11.3 Å². The minimum absolute atomic E-state index is 0.101. The molecule has 5 aromatic rings. The molecular weight excluding hydrogens is 475 g/mol. The normalized spacial score (nSPS) is 11.0. The fraction of sp³-hybridized carbons (Fsp3) is 0.103. The molecule has 0 amide bonds. The van der Waals surface area contributed by atoms with Crippen molar-refractivity contribution in [2.45, 2.75) is 6.04 Å². The van der Waals surface area contributed by atoms with Gasteiger partial charge in [-0.2, -0.15) is 0 Å². The highest BCUT2D eigenvalue weighted by molar-refractivity contribution is 5.91. The quantitative estimate of drug-likeness (QED) is 0.270. The summed E-state index contributed by atoms with van der Waals surface area (Å²) in [6.45, 7) is 0. The van der Waals surface area contributed by atoms with E-state index in [1.165, 1.54) is 6.07 Å². The molecule has 7 nitrogen and oxygen atoms in total. The van der Waals surface area contributed by atoms with Crippen LogP contribution in [-0.4, -0.2) is 34.8 Å². The van der Waals surface area contributed by atoms with Crippen LogP contribution >= 0.6 is 0 Å².